The molecule has 2 heterocycles. The number of imide groups is 2. The van der Waals surface area contributed by atoms with Crippen LogP contribution in [-0.4, -0.2) is 57.9 Å². The molecule has 2 aromatic rings. The number of nitrogens with zero attached hydrogens (tertiary/aromatic N) is 2. The van der Waals surface area contributed by atoms with Crippen LogP contribution in [0.2, 0.25) is 0 Å². The maximum Gasteiger partial charge on any atom is 0.303 e. The van der Waals surface area contributed by atoms with Gasteiger partial charge in [0.1, 0.15) is 0 Å². The largest absolute Gasteiger partial charge is 0.504 e. The van der Waals surface area contributed by atoms with Crippen LogP contribution in [-0.2, 0) is 24.0 Å². The predicted molar refractivity (Wildman–Crippen MR) is 163 cm³/mol. The minimum absolute atomic E-state index is 0.0358. The fourth-order valence-corrected chi connectivity index (χ4v) is 8.24. The summed E-state index contributed by atoms with van der Waals surface area (Å²) in [6, 6.07) is 13.9. The SMILES string of the molecule is CCOc1cccc([C@H]2C3=CC[C@@H]4C(=O)N(CCCCCC(=O)O)C(=O)[C@@H]4[C@@H]3C[C@H]3C(=O)N(c4ccccc4)C(=O)[C@@]23C)c1O. The molecule has 10 nitrogen and oxygen atoms in total. The average molecular weight is 615 g/mol. The maximum absolute atomic E-state index is 14.5. The van der Waals surface area contributed by atoms with E-state index in [1.807, 2.05) is 12.1 Å². The number of phenolic OH excluding ortho intramolecular Hbond substituents is 1. The van der Waals surface area contributed by atoms with E-state index >= 15 is 0 Å². The number of hydrogen-bond acceptors (Lipinski definition) is 7. The zero-order valence-corrected chi connectivity index (χ0v) is 25.5. The van der Waals surface area contributed by atoms with Crippen LogP contribution in [0.1, 0.15) is 63.9 Å². The van der Waals surface area contributed by atoms with E-state index in [2.05, 4.69) is 0 Å². The summed E-state index contributed by atoms with van der Waals surface area (Å²) >= 11 is 0. The Labute approximate surface area is 261 Å². The van der Waals surface area contributed by atoms with Crippen LogP contribution in [0.4, 0.5) is 5.69 Å². The third-order valence-corrected chi connectivity index (χ3v) is 10.3. The Morgan fingerprint density at radius 3 is 2.42 bits per heavy atom. The molecule has 10 heteroatoms. The summed E-state index contributed by atoms with van der Waals surface area (Å²) < 4.78 is 5.70. The van der Waals surface area contributed by atoms with Gasteiger partial charge in [-0.1, -0.05) is 48.4 Å². The predicted octanol–water partition coefficient (Wildman–Crippen LogP) is 4.67. The van der Waals surface area contributed by atoms with Crippen molar-refractivity contribution in [2.24, 2.45) is 29.1 Å². The van der Waals surface area contributed by atoms with E-state index in [0.717, 1.165) is 5.57 Å². The minimum Gasteiger partial charge on any atom is -0.504 e. The van der Waals surface area contributed by atoms with Gasteiger partial charge in [-0.3, -0.25) is 28.9 Å². The molecule has 3 fully saturated rings. The number of hydrogen-bond donors (Lipinski definition) is 2. The standard InChI is InChI=1S/C35H38N2O8/c1-3-45-26-14-10-13-23(30(26)40)29-21-16-17-22-28(33(43)36(31(22)41)18-9-5-8-15-27(38)39)24(21)19-25-32(42)37(34(44)35(25,29)2)20-11-6-4-7-12-20/h4,6-7,10-14,16,22,24-25,28-29,40H,3,5,8-9,15,17-19H2,1-2H3,(H,38,39)/t22-,24+,25-,28-,29+,35+/m0/s1. The lowest BCUT2D eigenvalue weighted by Gasteiger charge is -2.49. The number of allylic oxidation sites excluding steroid dienone is 2. The first-order valence-electron chi connectivity index (χ1n) is 15.8. The van der Waals surface area contributed by atoms with Crippen molar-refractivity contribution < 1.29 is 38.9 Å². The number of aliphatic carboxylic acids is 1. The highest BCUT2D eigenvalue weighted by Gasteiger charge is 2.67. The van der Waals surface area contributed by atoms with Crippen LogP contribution >= 0.6 is 0 Å². The first kappa shape index (κ1) is 30.6. The molecule has 6 atom stereocenters. The topological polar surface area (TPSA) is 142 Å². The van der Waals surface area contributed by atoms with Crippen LogP contribution in [0.3, 0.4) is 0 Å². The molecular weight excluding hydrogens is 576 g/mol. The van der Waals surface area contributed by atoms with Gasteiger partial charge in [-0.25, -0.2) is 4.90 Å². The van der Waals surface area contributed by atoms with Gasteiger partial charge < -0.3 is 14.9 Å². The lowest BCUT2D eigenvalue weighted by atomic mass is 9.51. The van der Waals surface area contributed by atoms with E-state index in [-0.39, 0.29) is 54.5 Å². The molecule has 1 saturated carbocycles. The van der Waals surface area contributed by atoms with Crippen molar-refractivity contribution in [3.63, 3.8) is 0 Å². The van der Waals surface area contributed by atoms with Crippen LogP contribution in [0.25, 0.3) is 0 Å². The number of benzene rings is 2. The number of amides is 4. The number of carboxylic acid groups (broad SMARTS) is 1. The third kappa shape index (κ3) is 4.82. The second-order valence-electron chi connectivity index (χ2n) is 12.7. The lowest BCUT2D eigenvalue weighted by Crippen LogP contribution is -2.48. The van der Waals surface area contributed by atoms with E-state index in [9.17, 15) is 29.1 Å². The zero-order chi connectivity index (χ0) is 32.0. The number of likely N-dealkylation sites (tertiary alicyclic amines) is 1. The van der Waals surface area contributed by atoms with Crippen molar-refractivity contribution in [2.45, 2.75) is 58.3 Å². The van der Waals surface area contributed by atoms with Gasteiger partial charge in [-0.15, -0.1) is 0 Å². The molecule has 2 aromatic carbocycles. The molecule has 0 aromatic heterocycles. The lowest BCUT2D eigenvalue weighted by molar-refractivity contribution is -0.141. The highest BCUT2D eigenvalue weighted by molar-refractivity contribution is 6.24. The van der Waals surface area contributed by atoms with E-state index < -0.39 is 41.0 Å². The summed E-state index contributed by atoms with van der Waals surface area (Å²) in [6.45, 7) is 4.12. The molecule has 236 valence electrons. The van der Waals surface area contributed by atoms with Crippen molar-refractivity contribution >= 4 is 35.3 Å². The monoisotopic (exact) mass is 614 g/mol. The first-order chi connectivity index (χ1) is 21.6. The number of carbonyl (C=O) groups excluding carboxylic acids is 4. The molecule has 4 amide bonds. The Bertz CT molecular complexity index is 1590. The normalized spacial score (nSPS) is 28.9. The number of unbranched alkanes of at least 4 members (excludes halogenated alkanes) is 2. The third-order valence-electron chi connectivity index (χ3n) is 10.3. The second-order valence-corrected chi connectivity index (χ2v) is 12.7. The van der Waals surface area contributed by atoms with E-state index in [1.165, 1.54) is 9.80 Å². The number of anilines is 1. The van der Waals surface area contributed by atoms with Crippen molar-refractivity contribution in [3.05, 3.63) is 65.7 Å². The summed E-state index contributed by atoms with van der Waals surface area (Å²) in [6.07, 6.45) is 4.08. The summed E-state index contributed by atoms with van der Waals surface area (Å²) in [5, 5.41) is 20.4. The Hall–Kier alpha value is -4.47. The molecule has 6 rings (SSSR count). The van der Waals surface area contributed by atoms with Gasteiger partial charge >= 0.3 is 5.97 Å². The summed E-state index contributed by atoms with van der Waals surface area (Å²) in [5.74, 6) is -5.24. The van der Waals surface area contributed by atoms with Crippen molar-refractivity contribution in [1.29, 1.82) is 0 Å². The van der Waals surface area contributed by atoms with Gasteiger partial charge in [0.05, 0.1) is 35.5 Å². The van der Waals surface area contributed by atoms with Gasteiger partial charge in [-0.05, 0) is 63.6 Å². The number of carboxylic acids is 1. The number of aromatic hydroxyl groups is 1. The first-order valence-corrected chi connectivity index (χ1v) is 15.8. The molecule has 0 bridgehead atoms. The zero-order valence-electron chi connectivity index (χ0n) is 25.5. The molecule has 2 aliphatic carbocycles. The van der Waals surface area contributed by atoms with Gasteiger partial charge in [0, 0.05) is 24.4 Å². The number of rotatable bonds is 10. The average Bonchev–Trinajstić information content (AvgIpc) is 3.38. The summed E-state index contributed by atoms with van der Waals surface area (Å²) in [4.78, 5) is 69.6. The Morgan fingerprint density at radius 1 is 0.956 bits per heavy atom. The van der Waals surface area contributed by atoms with E-state index in [0.29, 0.717) is 43.5 Å². The van der Waals surface area contributed by atoms with Crippen LogP contribution < -0.4 is 9.64 Å². The Kier molecular flexibility index (Phi) is 8.01. The number of carbonyl (C=O) groups is 5. The molecule has 45 heavy (non-hydrogen) atoms. The van der Waals surface area contributed by atoms with Gasteiger partial charge in [-0.2, -0.15) is 0 Å². The highest BCUT2D eigenvalue weighted by Crippen LogP contribution is 2.64. The number of fused-ring (bicyclic) bond motifs is 4. The van der Waals surface area contributed by atoms with Crippen molar-refractivity contribution in [1.82, 2.24) is 4.90 Å². The maximum atomic E-state index is 14.5. The Balaban J connectivity index is 1.41. The van der Waals surface area contributed by atoms with Crippen LogP contribution in [0.15, 0.2) is 60.2 Å². The fraction of sp³-hybridized carbons (Fsp3) is 0.457. The minimum atomic E-state index is -1.26. The number of para-hydroxylation sites is 2. The molecule has 4 aliphatic rings. The molecule has 2 aliphatic heterocycles. The number of phenols is 1. The van der Waals surface area contributed by atoms with Gasteiger partial charge in [0.25, 0.3) is 0 Å². The molecular formula is C35H38N2O8. The van der Waals surface area contributed by atoms with Crippen molar-refractivity contribution in [3.8, 4) is 11.5 Å². The quantitative estimate of drug-likeness (QED) is 0.224. The molecule has 0 radical (unpaired) electrons. The fourth-order valence-electron chi connectivity index (χ4n) is 8.24. The van der Waals surface area contributed by atoms with Crippen molar-refractivity contribution in [2.75, 3.05) is 18.1 Å². The summed E-state index contributed by atoms with van der Waals surface area (Å²) in [7, 11) is 0. The summed E-state index contributed by atoms with van der Waals surface area (Å²) in [5.41, 5.74) is 0.440. The van der Waals surface area contributed by atoms with E-state index in [4.69, 9.17) is 9.84 Å². The van der Waals surface area contributed by atoms with E-state index in [1.54, 1.807) is 56.3 Å². The smallest absolute Gasteiger partial charge is 0.303 e. The number of ether oxygens (including phenoxy) is 1. The molecule has 2 saturated heterocycles. The molecule has 2 N–H and O–H groups in total. The van der Waals surface area contributed by atoms with Crippen LogP contribution in [0.5, 0.6) is 11.5 Å². The Morgan fingerprint density at radius 2 is 1.71 bits per heavy atom. The molecule has 0 unspecified atom stereocenters. The van der Waals surface area contributed by atoms with Gasteiger partial charge in [0.15, 0.2) is 11.5 Å². The highest BCUT2D eigenvalue weighted by atomic mass is 16.5. The van der Waals surface area contributed by atoms with Crippen LogP contribution in [0, 0.1) is 29.1 Å². The second kappa shape index (κ2) is 11.8. The van der Waals surface area contributed by atoms with Gasteiger partial charge in [0.2, 0.25) is 23.6 Å². The molecule has 0 spiro atoms.